The number of carboxylic acids is 1. The average molecular weight is 226 g/mol. The Hall–Kier alpha value is -1.10. The van der Waals surface area contributed by atoms with E-state index in [1.54, 1.807) is 0 Å². The monoisotopic (exact) mass is 226 g/mol. The Morgan fingerprint density at radius 1 is 1.33 bits per heavy atom. The molecule has 0 saturated carbocycles. The first-order valence-electron chi connectivity index (χ1n) is 4.64. The van der Waals surface area contributed by atoms with Gasteiger partial charge in [0, 0.05) is 17.8 Å². The normalized spacial score (nSPS) is 10.3. The predicted octanol–water partition coefficient (Wildman–Crippen LogP) is 1.83. The average Bonchev–Trinajstić information content (AvgIpc) is 2.15. The van der Waals surface area contributed by atoms with Gasteiger partial charge in [0.15, 0.2) is 5.16 Å². The molecule has 0 fully saturated rings. The van der Waals surface area contributed by atoms with E-state index in [0.29, 0.717) is 6.42 Å². The second kappa shape index (κ2) is 5.11. The van der Waals surface area contributed by atoms with Crippen molar-refractivity contribution in [2.75, 3.05) is 6.26 Å². The van der Waals surface area contributed by atoms with Gasteiger partial charge in [-0.1, -0.05) is 11.8 Å². The molecule has 0 radical (unpaired) electrons. The summed E-state index contributed by atoms with van der Waals surface area (Å²) in [5.74, 6) is -0.789. The molecule has 5 heteroatoms. The molecule has 0 aliphatic rings. The molecule has 0 bridgehead atoms. The van der Waals surface area contributed by atoms with Crippen molar-refractivity contribution < 1.29 is 9.90 Å². The second-order valence-corrected chi connectivity index (χ2v) is 4.03. The van der Waals surface area contributed by atoms with Crippen molar-refractivity contribution in [3.63, 3.8) is 0 Å². The van der Waals surface area contributed by atoms with Crippen molar-refractivity contribution in [3.8, 4) is 0 Å². The van der Waals surface area contributed by atoms with Crippen LogP contribution in [0.5, 0.6) is 0 Å². The number of nitrogens with zero attached hydrogens (tertiary/aromatic N) is 2. The fraction of sp³-hybridized carbons (Fsp3) is 0.500. The molecular formula is C10H14N2O2S. The van der Waals surface area contributed by atoms with E-state index in [0.717, 1.165) is 22.1 Å². The summed E-state index contributed by atoms with van der Waals surface area (Å²) in [5, 5.41) is 9.35. The van der Waals surface area contributed by atoms with Crippen LogP contribution in [-0.4, -0.2) is 27.3 Å². The standard InChI is InChI=1S/C10H14N2O2S/c1-6-8(4-5-9(13)14)7(2)12-10(11-6)15-3/h4-5H2,1-3H3,(H,13,14). The number of aryl methyl sites for hydroxylation is 2. The lowest BCUT2D eigenvalue weighted by Crippen LogP contribution is -2.05. The maximum Gasteiger partial charge on any atom is 0.303 e. The number of thioether (sulfide) groups is 1. The molecule has 0 aliphatic heterocycles. The van der Waals surface area contributed by atoms with Crippen LogP contribution in [0, 0.1) is 13.8 Å². The first-order valence-corrected chi connectivity index (χ1v) is 5.87. The van der Waals surface area contributed by atoms with Gasteiger partial charge < -0.3 is 5.11 Å². The van der Waals surface area contributed by atoms with Crippen molar-refractivity contribution in [1.82, 2.24) is 9.97 Å². The fourth-order valence-electron chi connectivity index (χ4n) is 1.39. The van der Waals surface area contributed by atoms with E-state index in [1.165, 1.54) is 11.8 Å². The zero-order chi connectivity index (χ0) is 11.4. The molecule has 0 aliphatic carbocycles. The SMILES string of the molecule is CSc1nc(C)c(CCC(=O)O)c(C)n1. The van der Waals surface area contributed by atoms with E-state index in [4.69, 9.17) is 5.11 Å². The highest BCUT2D eigenvalue weighted by Gasteiger charge is 2.09. The predicted molar refractivity (Wildman–Crippen MR) is 59.2 cm³/mol. The molecule has 0 aromatic carbocycles. The van der Waals surface area contributed by atoms with Gasteiger partial charge in [0.2, 0.25) is 0 Å². The smallest absolute Gasteiger partial charge is 0.303 e. The minimum absolute atomic E-state index is 0.129. The van der Waals surface area contributed by atoms with Crippen molar-refractivity contribution >= 4 is 17.7 Å². The Balaban J connectivity index is 2.92. The molecule has 0 saturated heterocycles. The van der Waals surface area contributed by atoms with Crippen LogP contribution in [0.15, 0.2) is 5.16 Å². The zero-order valence-electron chi connectivity index (χ0n) is 9.07. The van der Waals surface area contributed by atoms with Crippen LogP contribution in [0.1, 0.15) is 23.4 Å². The van der Waals surface area contributed by atoms with Crippen LogP contribution in [0.3, 0.4) is 0 Å². The molecule has 0 amide bonds. The summed E-state index contributed by atoms with van der Waals surface area (Å²) in [6, 6.07) is 0. The quantitative estimate of drug-likeness (QED) is 0.627. The van der Waals surface area contributed by atoms with Crippen LogP contribution >= 0.6 is 11.8 Å². The number of aliphatic carboxylic acids is 1. The Morgan fingerprint density at radius 3 is 2.27 bits per heavy atom. The summed E-state index contributed by atoms with van der Waals surface area (Å²) in [7, 11) is 0. The molecule has 0 unspecified atom stereocenters. The summed E-state index contributed by atoms with van der Waals surface area (Å²) < 4.78 is 0. The van der Waals surface area contributed by atoms with E-state index in [2.05, 4.69) is 9.97 Å². The molecule has 0 atom stereocenters. The number of hydrogen-bond donors (Lipinski definition) is 1. The van der Waals surface area contributed by atoms with Gasteiger partial charge in [-0.05, 0) is 32.1 Å². The maximum absolute atomic E-state index is 10.5. The van der Waals surface area contributed by atoms with Gasteiger partial charge in [-0.15, -0.1) is 0 Å². The van der Waals surface area contributed by atoms with Gasteiger partial charge >= 0.3 is 5.97 Å². The van der Waals surface area contributed by atoms with E-state index in [9.17, 15) is 4.79 Å². The summed E-state index contributed by atoms with van der Waals surface area (Å²) in [5.41, 5.74) is 2.72. The molecule has 1 aromatic rings. The first-order chi connectivity index (χ1) is 7.04. The van der Waals surface area contributed by atoms with Gasteiger partial charge in [-0.25, -0.2) is 9.97 Å². The largest absolute Gasteiger partial charge is 0.481 e. The van der Waals surface area contributed by atoms with E-state index in [1.807, 2.05) is 20.1 Å². The first kappa shape index (κ1) is 12.0. The highest BCUT2D eigenvalue weighted by Crippen LogP contribution is 2.16. The third kappa shape index (κ3) is 3.20. The van der Waals surface area contributed by atoms with Crippen molar-refractivity contribution in [3.05, 3.63) is 17.0 Å². The minimum atomic E-state index is -0.789. The second-order valence-electron chi connectivity index (χ2n) is 3.25. The van der Waals surface area contributed by atoms with Gasteiger partial charge in [0.25, 0.3) is 0 Å². The number of hydrogen-bond acceptors (Lipinski definition) is 4. The third-order valence-electron chi connectivity index (χ3n) is 2.17. The molecule has 0 spiro atoms. The Labute approximate surface area is 93.1 Å². The Morgan fingerprint density at radius 2 is 1.87 bits per heavy atom. The van der Waals surface area contributed by atoms with Crippen LogP contribution in [0.25, 0.3) is 0 Å². The number of carbonyl (C=O) groups is 1. The molecule has 4 nitrogen and oxygen atoms in total. The third-order valence-corrected chi connectivity index (χ3v) is 2.72. The summed E-state index contributed by atoms with van der Waals surface area (Å²) in [6.45, 7) is 3.79. The molecule has 15 heavy (non-hydrogen) atoms. The molecule has 82 valence electrons. The molecule has 1 N–H and O–H groups in total. The molecule has 1 rings (SSSR count). The summed E-state index contributed by atoms with van der Waals surface area (Å²) in [4.78, 5) is 19.1. The van der Waals surface area contributed by atoms with Crippen molar-refractivity contribution in [2.45, 2.75) is 31.8 Å². The summed E-state index contributed by atoms with van der Waals surface area (Å²) in [6.07, 6.45) is 2.55. The van der Waals surface area contributed by atoms with Crippen molar-refractivity contribution in [2.24, 2.45) is 0 Å². The lowest BCUT2D eigenvalue weighted by molar-refractivity contribution is -0.136. The lowest BCUT2D eigenvalue weighted by atomic mass is 10.1. The van der Waals surface area contributed by atoms with Crippen LogP contribution in [0.4, 0.5) is 0 Å². The van der Waals surface area contributed by atoms with Crippen LogP contribution < -0.4 is 0 Å². The molecular weight excluding hydrogens is 212 g/mol. The van der Waals surface area contributed by atoms with Gasteiger partial charge in [0.1, 0.15) is 0 Å². The maximum atomic E-state index is 10.5. The molecule has 1 aromatic heterocycles. The van der Waals surface area contributed by atoms with Crippen molar-refractivity contribution in [1.29, 1.82) is 0 Å². The topological polar surface area (TPSA) is 63.1 Å². The highest BCUT2D eigenvalue weighted by atomic mass is 32.2. The number of rotatable bonds is 4. The van der Waals surface area contributed by atoms with Gasteiger partial charge in [-0.2, -0.15) is 0 Å². The minimum Gasteiger partial charge on any atom is -0.481 e. The Bertz CT molecular complexity index is 357. The van der Waals surface area contributed by atoms with Gasteiger partial charge in [-0.3, -0.25) is 4.79 Å². The Kier molecular flexibility index (Phi) is 4.08. The number of aromatic nitrogens is 2. The zero-order valence-corrected chi connectivity index (χ0v) is 9.89. The molecule has 1 heterocycles. The van der Waals surface area contributed by atoms with Gasteiger partial charge in [0.05, 0.1) is 0 Å². The fourth-order valence-corrected chi connectivity index (χ4v) is 1.85. The van der Waals surface area contributed by atoms with Crippen LogP contribution in [-0.2, 0) is 11.2 Å². The van der Waals surface area contributed by atoms with E-state index < -0.39 is 5.97 Å². The number of carboxylic acid groups (broad SMARTS) is 1. The lowest BCUT2D eigenvalue weighted by Gasteiger charge is -2.08. The highest BCUT2D eigenvalue weighted by molar-refractivity contribution is 7.98. The summed E-state index contributed by atoms with van der Waals surface area (Å²) >= 11 is 1.49. The van der Waals surface area contributed by atoms with E-state index in [-0.39, 0.29) is 6.42 Å². The van der Waals surface area contributed by atoms with Crippen LogP contribution in [0.2, 0.25) is 0 Å². The van der Waals surface area contributed by atoms with E-state index >= 15 is 0 Å².